The molecule has 6 nitrogen and oxygen atoms in total. The molecule has 126 valence electrons. The lowest BCUT2D eigenvalue weighted by Crippen LogP contribution is -2.52. The monoisotopic (exact) mass is 327 g/mol. The predicted molar refractivity (Wildman–Crippen MR) is 90.4 cm³/mol. The molecule has 1 aromatic heterocycles. The summed E-state index contributed by atoms with van der Waals surface area (Å²) in [6.07, 6.45) is 1.61. The Morgan fingerprint density at radius 2 is 2.08 bits per heavy atom. The van der Waals surface area contributed by atoms with Crippen molar-refractivity contribution in [1.29, 1.82) is 0 Å². The number of likely N-dealkylation sites (tertiary alicyclic amines) is 1. The van der Waals surface area contributed by atoms with Gasteiger partial charge in [0.05, 0.1) is 24.1 Å². The molecule has 1 aromatic carbocycles. The number of carbonyl (C=O) groups is 2. The molecule has 2 aromatic rings. The summed E-state index contributed by atoms with van der Waals surface area (Å²) in [5.74, 6) is -0.616. The Balaban J connectivity index is 1.94. The average Bonchev–Trinajstić information content (AvgIpc) is 2.96. The molecule has 0 spiro atoms. The fourth-order valence-electron chi connectivity index (χ4n) is 3.56. The molecule has 0 saturated carbocycles. The lowest BCUT2D eigenvalue weighted by atomic mass is 9.92. The molecular weight excluding hydrogens is 306 g/mol. The smallest absolute Gasteiger partial charge is 0.273 e. The number of rotatable bonds is 5. The number of carbonyl (C=O) groups excluding carboxylic acids is 2. The Hall–Kier alpha value is -2.47. The molecule has 1 fully saturated rings. The van der Waals surface area contributed by atoms with Crippen LogP contribution in [-0.4, -0.2) is 47.5 Å². The maximum atomic E-state index is 13.0. The Kier molecular flexibility index (Phi) is 4.49. The van der Waals surface area contributed by atoms with E-state index in [0.29, 0.717) is 18.7 Å². The largest absolute Gasteiger partial charge is 0.382 e. The molecular formula is C18H21N3O3. The van der Waals surface area contributed by atoms with Gasteiger partial charge in [-0.25, -0.2) is 4.98 Å². The number of nitrogens with two attached hydrogens (primary N) is 1. The Morgan fingerprint density at radius 1 is 1.29 bits per heavy atom. The number of amides is 2. The first-order valence-electron chi connectivity index (χ1n) is 8.01. The van der Waals surface area contributed by atoms with Gasteiger partial charge in [-0.1, -0.05) is 24.3 Å². The fourth-order valence-corrected chi connectivity index (χ4v) is 3.56. The number of methoxy groups -OCH3 is 1. The molecule has 6 heteroatoms. The van der Waals surface area contributed by atoms with Gasteiger partial charge in [0.2, 0.25) is 5.91 Å². The van der Waals surface area contributed by atoms with Crippen LogP contribution in [0.4, 0.5) is 0 Å². The molecule has 1 atom stereocenters. The number of nitrogens with zero attached hydrogens (tertiary/aromatic N) is 2. The number of hydrogen-bond donors (Lipinski definition) is 1. The lowest BCUT2D eigenvalue weighted by molar-refractivity contribution is -0.121. The molecule has 1 aliphatic heterocycles. The first-order chi connectivity index (χ1) is 11.6. The predicted octanol–water partition coefficient (Wildman–Crippen LogP) is 1.73. The number of hydrogen-bond acceptors (Lipinski definition) is 4. The topological polar surface area (TPSA) is 85.5 Å². The van der Waals surface area contributed by atoms with Crippen LogP contribution in [0.5, 0.6) is 0 Å². The number of para-hydroxylation sites is 1. The summed E-state index contributed by atoms with van der Waals surface area (Å²) >= 11 is 0. The van der Waals surface area contributed by atoms with Gasteiger partial charge in [0, 0.05) is 19.0 Å². The second-order valence-corrected chi connectivity index (χ2v) is 6.25. The van der Waals surface area contributed by atoms with E-state index >= 15 is 0 Å². The molecule has 3 rings (SSSR count). The summed E-state index contributed by atoms with van der Waals surface area (Å²) in [7, 11) is 1.57. The summed E-state index contributed by atoms with van der Waals surface area (Å²) in [6.45, 7) is 0.860. The quantitative estimate of drug-likeness (QED) is 0.906. The highest BCUT2D eigenvalue weighted by Crippen LogP contribution is 2.34. The van der Waals surface area contributed by atoms with Crippen molar-refractivity contribution in [3.8, 4) is 0 Å². The summed E-state index contributed by atoms with van der Waals surface area (Å²) in [5, 5.41) is 0.982. The van der Waals surface area contributed by atoms with Crippen molar-refractivity contribution in [2.75, 3.05) is 20.3 Å². The van der Waals surface area contributed by atoms with Crippen LogP contribution in [0.3, 0.4) is 0 Å². The van der Waals surface area contributed by atoms with Crippen LogP contribution in [-0.2, 0) is 9.53 Å². The van der Waals surface area contributed by atoms with Crippen molar-refractivity contribution < 1.29 is 14.3 Å². The number of primary amides is 1. The minimum absolute atomic E-state index is 0.0974. The first kappa shape index (κ1) is 16.4. The third-order valence-corrected chi connectivity index (χ3v) is 4.58. The number of benzene rings is 1. The van der Waals surface area contributed by atoms with Crippen molar-refractivity contribution in [1.82, 2.24) is 9.88 Å². The van der Waals surface area contributed by atoms with Crippen LogP contribution in [0.2, 0.25) is 0 Å². The van der Waals surface area contributed by atoms with Gasteiger partial charge in [-0.2, -0.15) is 0 Å². The summed E-state index contributed by atoms with van der Waals surface area (Å²) in [6, 6.07) is 11.3. The third-order valence-electron chi connectivity index (χ3n) is 4.58. The molecule has 2 N–H and O–H groups in total. The van der Waals surface area contributed by atoms with E-state index < -0.39 is 11.4 Å². The van der Waals surface area contributed by atoms with Gasteiger partial charge in [-0.15, -0.1) is 0 Å². The van der Waals surface area contributed by atoms with Crippen molar-refractivity contribution >= 4 is 22.7 Å². The van der Waals surface area contributed by atoms with Crippen molar-refractivity contribution in [3.63, 3.8) is 0 Å². The highest BCUT2D eigenvalue weighted by molar-refractivity contribution is 5.96. The zero-order valence-corrected chi connectivity index (χ0v) is 13.7. The average molecular weight is 327 g/mol. The second-order valence-electron chi connectivity index (χ2n) is 6.25. The van der Waals surface area contributed by atoms with Crippen molar-refractivity contribution in [2.24, 2.45) is 5.73 Å². The number of pyridine rings is 1. The lowest BCUT2D eigenvalue weighted by Gasteiger charge is -2.37. The van der Waals surface area contributed by atoms with E-state index in [0.717, 1.165) is 17.3 Å². The minimum Gasteiger partial charge on any atom is -0.382 e. The second kappa shape index (κ2) is 6.57. The highest BCUT2D eigenvalue weighted by atomic mass is 16.5. The van der Waals surface area contributed by atoms with E-state index in [-0.39, 0.29) is 18.9 Å². The third kappa shape index (κ3) is 2.97. The Labute approximate surface area is 140 Å². The van der Waals surface area contributed by atoms with Crippen LogP contribution in [0, 0.1) is 0 Å². The van der Waals surface area contributed by atoms with Gasteiger partial charge in [-0.3, -0.25) is 9.59 Å². The minimum atomic E-state index is -0.676. The molecule has 0 bridgehead atoms. The summed E-state index contributed by atoms with van der Waals surface area (Å²) < 4.78 is 5.29. The first-order valence-corrected chi connectivity index (χ1v) is 8.01. The van der Waals surface area contributed by atoms with Crippen LogP contribution in [0.25, 0.3) is 10.9 Å². The molecule has 0 unspecified atom stereocenters. The highest BCUT2D eigenvalue weighted by Gasteiger charge is 2.45. The zero-order chi connectivity index (χ0) is 17.2. The molecule has 24 heavy (non-hydrogen) atoms. The maximum Gasteiger partial charge on any atom is 0.273 e. The van der Waals surface area contributed by atoms with Crippen molar-refractivity contribution in [2.45, 2.75) is 24.8 Å². The zero-order valence-electron chi connectivity index (χ0n) is 13.7. The van der Waals surface area contributed by atoms with Gasteiger partial charge >= 0.3 is 0 Å². The Morgan fingerprint density at radius 3 is 2.83 bits per heavy atom. The van der Waals surface area contributed by atoms with E-state index in [1.54, 1.807) is 18.1 Å². The van der Waals surface area contributed by atoms with Crippen molar-refractivity contribution in [3.05, 3.63) is 42.1 Å². The maximum absolute atomic E-state index is 13.0. The van der Waals surface area contributed by atoms with Gasteiger partial charge < -0.3 is 15.4 Å². The summed E-state index contributed by atoms with van der Waals surface area (Å²) in [5.41, 5.74) is 5.89. The van der Waals surface area contributed by atoms with Crippen LogP contribution in [0.15, 0.2) is 36.4 Å². The van der Waals surface area contributed by atoms with E-state index in [9.17, 15) is 9.59 Å². The van der Waals surface area contributed by atoms with Gasteiger partial charge in [-0.05, 0) is 25.0 Å². The number of fused-ring (bicyclic) bond motifs is 1. The molecule has 2 heterocycles. The van der Waals surface area contributed by atoms with E-state index in [2.05, 4.69) is 4.98 Å². The standard InChI is InChI=1S/C18H21N3O3/c1-24-12-18(11-16(19)22)9-4-10-21(18)17(23)15-8-7-13-5-2-3-6-14(13)20-15/h2-3,5-8H,4,9-12H2,1H3,(H2,19,22)/t18-/m1/s1. The van der Waals surface area contributed by atoms with Gasteiger partial charge in [0.15, 0.2) is 0 Å². The molecule has 2 amide bonds. The van der Waals surface area contributed by atoms with Gasteiger partial charge in [0.1, 0.15) is 5.69 Å². The van der Waals surface area contributed by atoms with E-state index in [1.165, 1.54) is 0 Å². The van der Waals surface area contributed by atoms with E-state index in [1.807, 2.05) is 30.3 Å². The molecule has 1 saturated heterocycles. The van der Waals surface area contributed by atoms with E-state index in [4.69, 9.17) is 10.5 Å². The SMILES string of the molecule is COC[C@]1(CC(N)=O)CCCN1C(=O)c1ccc2ccccc2n1. The summed E-state index contributed by atoms with van der Waals surface area (Å²) in [4.78, 5) is 30.7. The van der Waals surface area contributed by atoms with Crippen LogP contribution < -0.4 is 5.73 Å². The van der Waals surface area contributed by atoms with Crippen LogP contribution >= 0.6 is 0 Å². The van der Waals surface area contributed by atoms with Gasteiger partial charge in [0.25, 0.3) is 5.91 Å². The fraction of sp³-hybridized carbons (Fsp3) is 0.389. The van der Waals surface area contributed by atoms with Crippen LogP contribution in [0.1, 0.15) is 29.8 Å². The molecule has 0 aliphatic carbocycles. The number of ether oxygens (including phenoxy) is 1. The normalized spacial score (nSPS) is 20.5. The Bertz CT molecular complexity index is 777. The molecule has 1 aliphatic rings. The number of aromatic nitrogens is 1. The molecule has 0 radical (unpaired) electrons.